The van der Waals surface area contributed by atoms with Gasteiger partial charge in [-0.1, -0.05) is 65.8 Å². The Morgan fingerprint density at radius 3 is 2.20 bits per heavy atom. The molecule has 1 atom stereocenters. The van der Waals surface area contributed by atoms with Crippen molar-refractivity contribution in [3.8, 4) is 16.9 Å². The summed E-state index contributed by atoms with van der Waals surface area (Å²) in [6.07, 6.45) is 0.906. The number of carbonyl (C=O) groups is 1. The maximum Gasteiger partial charge on any atom is 0.511 e. The van der Waals surface area contributed by atoms with E-state index < -0.39 is 6.16 Å². The highest BCUT2D eigenvalue weighted by Gasteiger charge is 2.20. The van der Waals surface area contributed by atoms with Gasteiger partial charge in [0.25, 0.3) is 0 Å². The molecule has 0 unspecified atom stereocenters. The normalized spacial score (nSPS) is 12.2. The third kappa shape index (κ3) is 5.73. The number of hydrogen-bond acceptors (Lipinski definition) is 5. The van der Waals surface area contributed by atoms with Gasteiger partial charge in [-0.05, 0) is 65.9 Å². The Morgan fingerprint density at radius 1 is 0.943 bits per heavy atom. The van der Waals surface area contributed by atoms with Crippen LogP contribution in [0.5, 0.6) is 5.75 Å². The zero-order valence-electron chi connectivity index (χ0n) is 19.6. The maximum atomic E-state index is 10.7. The summed E-state index contributed by atoms with van der Waals surface area (Å²) in [4.78, 5) is 15.0. The number of ether oxygens (including phenoxy) is 1. The lowest BCUT2D eigenvalue weighted by Gasteiger charge is -2.21. The number of pyridine rings is 1. The van der Waals surface area contributed by atoms with E-state index in [9.17, 15) is 10.0 Å². The van der Waals surface area contributed by atoms with Gasteiger partial charge in [0.1, 0.15) is 5.75 Å². The third-order valence-corrected chi connectivity index (χ3v) is 6.02. The molecule has 4 aromatic rings. The molecule has 1 aromatic heterocycles. The van der Waals surface area contributed by atoms with Crippen LogP contribution < -0.4 is 4.74 Å². The van der Waals surface area contributed by atoms with E-state index in [2.05, 4.69) is 46.1 Å². The van der Waals surface area contributed by atoms with Crippen LogP contribution in [0, 0.1) is 13.8 Å². The molecule has 3 aromatic carbocycles. The van der Waals surface area contributed by atoms with Gasteiger partial charge in [-0.3, -0.25) is 4.98 Å². The SMILES string of the molecule is Cc1cc(/C(C[C@H](c2ccc(-c3ccc(OC(=O)O)cc3)cc2)c2ccccc2C)=N\O)ccn1. The summed E-state index contributed by atoms with van der Waals surface area (Å²) in [6, 6.07) is 27.2. The summed E-state index contributed by atoms with van der Waals surface area (Å²) in [6.45, 7) is 4.00. The van der Waals surface area contributed by atoms with Crippen LogP contribution in [-0.2, 0) is 0 Å². The summed E-state index contributed by atoms with van der Waals surface area (Å²) >= 11 is 0. The monoisotopic (exact) mass is 466 g/mol. The average molecular weight is 467 g/mol. The van der Waals surface area contributed by atoms with Gasteiger partial charge >= 0.3 is 6.16 Å². The second-order valence-electron chi connectivity index (χ2n) is 8.36. The van der Waals surface area contributed by atoms with Gasteiger partial charge in [0.2, 0.25) is 0 Å². The molecule has 4 rings (SSSR count). The molecule has 0 amide bonds. The van der Waals surface area contributed by atoms with E-state index in [0.29, 0.717) is 12.1 Å². The van der Waals surface area contributed by atoms with E-state index in [1.54, 1.807) is 18.3 Å². The Labute approximate surface area is 204 Å². The largest absolute Gasteiger partial charge is 0.511 e. The quantitative estimate of drug-likeness (QED) is 0.102. The van der Waals surface area contributed by atoms with E-state index in [-0.39, 0.29) is 11.7 Å². The molecule has 0 aliphatic rings. The molecule has 35 heavy (non-hydrogen) atoms. The van der Waals surface area contributed by atoms with Crippen molar-refractivity contribution in [3.05, 3.63) is 119 Å². The molecule has 176 valence electrons. The minimum absolute atomic E-state index is 0.0176. The summed E-state index contributed by atoms with van der Waals surface area (Å²) in [5, 5.41) is 22.3. The van der Waals surface area contributed by atoms with Crippen molar-refractivity contribution in [1.82, 2.24) is 4.98 Å². The summed E-state index contributed by atoms with van der Waals surface area (Å²) in [7, 11) is 0. The molecule has 0 aliphatic carbocycles. The first-order valence-corrected chi connectivity index (χ1v) is 11.2. The first-order chi connectivity index (χ1) is 16.9. The molecule has 0 fully saturated rings. The molecule has 0 aliphatic heterocycles. The van der Waals surface area contributed by atoms with Gasteiger partial charge < -0.3 is 15.1 Å². The fraction of sp³-hybridized carbons (Fsp3) is 0.138. The van der Waals surface area contributed by atoms with E-state index in [1.165, 1.54) is 11.1 Å². The summed E-state index contributed by atoms with van der Waals surface area (Å²) < 4.78 is 4.69. The number of rotatable bonds is 7. The van der Waals surface area contributed by atoms with Crippen LogP contribution in [0.2, 0.25) is 0 Å². The standard InChI is InChI=1S/C29H26N2O4/c1-19-5-3-4-6-26(19)27(18-28(31-34)24-15-16-30-20(2)17-24)23-9-7-21(8-10-23)22-11-13-25(14-12-22)35-29(32)33/h3-17,27,34H,18H2,1-2H3,(H,32,33)/b31-28-/t27-/m1/s1. The van der Waals surface area contributed by atoms with Gasteiger partial charge in [-0.2, -0.15) is 0 Å². The summed E-state index contributed by atoms with van der Waals surface area (Å²) in [5.74, 6) is 0.260. The lowest BCUT2D eigenvalue weighted by Crippen LogP contribution is -2.12. The number of carboxylic acid groups (broad SMARTS) is 1. The fourth-order valence-electron chi connectivity index (χ4n) is 4.24. The second kappa shape index (κ2) is 10.7. The Kier molecular flexibility index (Phi) is 7.21. The number of hydrogen-bond donors (Lipinski definition) is 2. The van der Waals surface area contributed by atoms with Crippen LogP contribution in [0.1, 0.15) is 40.3 Å². The molecule has 6 nitrogen and oxygen atoms in total. The lowest BCUT2D eigenvalue weighted by atomic mass is 9.83. The zero-order valence-corrected chi connectivity index (χ0v) is 19.6. The molecule has 0 radical (unpaired) electrons. The molecule has 6 heteroatoms. The average Bonchev–Trinajstić information content (AvgIpc) is 2.86. The highest BCUT2D eigenvalue weighted by Crippen LogP contribution is 2.33. The van der Waals surface area contributed by atoms with Crippen molar-refractivity contribution in [2.45, 2.75) is 26.2 Å². The molecule has 0 saturated carbocycles. The molecular formula is C29H26N2O4. The molecule has 0 spiro atoms. The van der Waals surface area contributed by atoms with Gasteiger partial charge in [-0.15, -0.1) is 0 Å². The molecule has 0 bridgehead atoms. The smallest absolute Gasteiger partial charge is 0.449 e. The minimum Gasteiger partial charge on any atom is -0.449 e. The number of nitrogens with zero attached hydrogens (tertiary/aromatic N) is 2. The van der Waals surface area contributed by atoms with Crippen molar-refractivity contribution in [3.63, 3.8) is 0 Å². The fourth-order valence-corrected chi connectivity index (χ4v) is 4.24. The van der Waals surface area contributed by atoms with Crippen molar-refractivity contribution in [1.29, 1.82) is 0 Å². The molecule has 2 N–H and O–H groups in total. The van der Waals surface area contributed by atoms with E-state index >= 15 is 0 Å². The molecule has 0 saturated heterocycles. The van der Waals surface area contributed by atoms with Gasteiger partial charge in [0.05, 0.1) is 5.71 Å². The summed E-state index contributed by atoms with van der Waals surface area (Å²) in [5.41, 5.74) is 7.69. The predicted octanol–water partition coefficient (Wildman–Crippen LogP) is 6.82. The third-order valence-electron chi connectivity index (χ3n) is 6.02. The highest BCUT2D eigenvalue weighted by molar-refractivity contribution is 6.01. The van der Waals surface area contributed by atoms with E-state index in [4.69, 9.17) is 5.11 Å². The first-order valence-electron chi connectivity index (χ1n) is 11.2. The van der Waals surface area contributed by atoms with Crippen molar-refractivity contribution >= 4 is 11.9 Å². The van der Waals surface area contributed by atoms with Crippen LogP contribution in [0.25, 0.3) is 11.1 Å². The maximum absolute atomic E-state index is 10.7. The van der Waals surface area contributed by atoms with Crippen LogP contribution in [-0.4, -0.2) is 27.2 Å². The lowest BCUT2D eigenvalue weighted by molar-refractivity contribution is 0.144. The minimum atomic E-state index is -1.34. The van der Waals surface area contributed by atoms with Crippen LogP contribution in [0.4, 0.5) is 4.79 Å². The van der Waals surface area contributed by atoms with E-state index in [1.807, 2.05) is 55.5 Å². The Hall–Kier alpha value is -4.45. The van der Waals surface area contributed by atoms with Crippen LogP contribution >= 0.6 is 0 Å². The van der Waals surface area contributed by atoms with Gasteiger partial charge in [0.15, 0.2) is 0 Å². The predicted molar refractivity (Wildman–Crippen MR) is 135 cm³/mol. The van der Waals surface area contributed by atoms with Gasteiger partial charge in [-0.25, -0.2) is 4.79 Å². The Bertz CT molecular complexity index is 1350. The number of aromatic nitrogens is 1. The zero-order chi connectivity index (χ0) is 24.8. The Morgan fingerprint density at radius 2 is 1.60 bits per heavy atom. The Balaban J connectivity index is 1.66. The topological polar surface area (TPSA) is 92.0 Å². The number of aryl methyl sites for hydroxylation is 2. The van der Waals surface area contributed by atoms with Crippen LogP contribution in [0.3, 0.4) is 0 Å². The first kappa shape index (κ1) is 23.7. The van der Waals surface area contributed by atoms with Crippen LogP contribution in [0.15, 0.2) is 96.3 Å². The van der Waals surface area contributed by atoms with Crippen molar-refractivity contribution < 1.29 is 19.8 Å². The number of oxime groups is 1. The molecule has 1 heterocycles. The van der Waals surface area contributed by atoms with Crippen molar-refractivity contribution in [2.75, 3.05) is 0 Å². The second-order valence-corrected chi connectivity index (χ2v) is 8.36. The van der Waals surface area contributed by atoms with Crippen molar-refractivity contribution in [2.24, 2.45) is 5.16 Å². The van der Waals surface area contributed by atoms with Gasteiger partial charge in [0, 0.05) is 29.8 Å². The van der Waals surface area contributed by atoms with E-state index in [0.717, 1.165) is 27.9 Å². The highest BCUT2D eigenvalue weighted by atomic mass is 16.7. The number of benzene rings is 3. The molecular weight excluding hydrogens is 440 g/mol.